The molecule has 7 nitrogen and oxygen atoms in total. The first-order valence-electron chi connectivity index (χ1n) is 21.2. The topological polar surface area (TPSA) is 97.4 Å². The van der Waals surface area contributed by atoms with E-state index in [1.165, 1.54) is 48.1 Å². The molecule has 0 radical (unpaired) electrons. The van der Waals surface area contributed by atoms with E-state index in [0.29, 0.717) is 24.3 Å². The van der Waals surface area contributed by atoms with Gasteiger partial charge in [0.1, 0.15) is 18.2 Å². The number of aromatic nitrogens is 2. The summed E-state index contributed by atoms with van der Waals surface area (Å²) in [6.07, 6.45) is 13.7. The van der Waals surface area contributed by atoms with Crippen LogP contribution in [0, 0.1) is 44.8 Å². The number of anilines is 1. The highest BCUT2D eigenvalue weighted by Gasteiger charge is 2.70. The summed E-state index contributed by atoms with van der Waals surface area (Å²) < 4.78 is 12.9. The fraction of sp³-hybridized carbons (Fsp3) is 0.660. The first-order chi connectivity index (χ1) is 25.6. The average molecular weight is 733 g/mol. The quantitative estimate of drug-likeness (QED) is 0.245. The molecule has 0 spiro atoms. The molecule has 1 aliphatic heterocycles. The van der Waals surface area contributed by atoms with E-state index in [1.807, 2.05) is 18.2 Å². The van der Waals surface area contributed by atoms with Crippen molar-refractivity contribution < 1.29 is 13.9 Å². The van der Waals surface area contributed by atoms with Crippen LogP contribution in [-0.2, 0) is 34.5 Å². The van der Waals surface area contributed by atoms with Gasteiger partial charge in [-0.1, -0.05) is 84.4 Å². The Bertz CT molecular complexity index is 1970. The fourth-order valence-corrected chi connectivity index (χ4v) is 14.1. The third-order valence-electron chi connectivity index (χ3n) is 17.2. The zero-order valence-corrected chi connectivity index (χ0v) is 34.1. The molecule has 0 bridgehead atoms. The molecule has 7 heteroatoms. The van der Waals surface area contributed by atoms with Crippen molar-refractivity contribution in [3.8, 4) is 0 Å². The number of esters is 1. The number of hydrogen-bond acceptors (Lipinski definition) is 6. The first-order valence-corrected chi connectivity index (χ1v) is 21.2. The second-order valence-electron chi connectivity index (χ2n) is 20.8. The van der Waals surface area contributed by atoms with Crippen LogP contribution in [0.3, 0.4) is 0 Å². The van der Waals surface area contributed by atoms with E-state index < -0.39 is 5.41 Å². The standard InChI is InChI=1S/C47H64N4O3/c1-42(2)17-19-47(41(52)54-28-30-13-9-8-10-14-30)20-18-46(7)38(35(47)26-42)33(31-23-32(53-29-31)27-51-21-11-12-22-51)24-37-44(5)25-34-39(49-50-40(34)48)43(3,4)36(44)15-16-45(37,46)6/h8-10,13-14,23,29,35-37H,11-12,15-22,24-28H2,1-7H3,(H3,48,49,50)/t35?,36?,37?,44-,45+,46+,47-/m0/s1. The number of furan rings is 1. The number of nitrogens with one attached hydrogen (secondary N) is 1. The predicted molar refractivity (Wildman–Crippen MR) is 214 cm³/mol. The third-order valence-corrected chi connectivity index (χ3v) is 17.2. The number of nitrogen functional groups attached to an aromatic ring is 1. The number of nitrogens with zero attached hydrogens (tertiary/aromatic N) is 2. The molecule has 2 aromatic heterocycles. The summed E-state index contributed by atoms with van der Waals surface area (Å²) in [6, 6.07) is 12.6. The van der Waals surface area contributed by atoms with Crippen molar-refractivity contribution in [2.24, 2.45) is 44.8 Å². The van der Waals surface area contributed by atoms with Gasteiger partial charge in [-0.15, -0.1) is 0 Å². The van der Waals surface area contributed by atoms with Gasteiger partial charge in [0.25, 0.3) is 0 Å². The number of carbonyl (C=O) groups excluding carboxylic acids is 1. The van der Waals surface area contributed by atoms with Gasteiger partial charge >= 0.3 is 5.97 Å². The van der Waals surface area contributed by atoms with Crippen molar-refractivity contribution in [1.29, 1.82) is 0 Å². The highest BCUT2D eigenvalue weighted by Crippen LogP contribution is 2.77. The zero-order chi connectivity index (χ0) is 37.9. The lowest BCUT2D eigenvalue weighted by atomic mass is 9.33. The number of benzene rings is 1. The van der Waals surface area contributed by atoms with Crippen LogP contribution in [0.25, 0.3) is 5.57 Å². The van der Waals surface area contributed by atoms with Crippen molar-refractivity contribution >= 4 is 17.4 Å². The number of carbonyl (C=O) groups is 1. The number of nitrogens with two attached hydrogens (primary N) is 1. The van der Waals surface area contributed by atoms with Crippen molar-refractivity contribution in [1.82, 2.24) is 15.1 Å². The van der Waals surface area contributed by atoms with E-state index >= 15 is 0 Å². The Morgan fingerprint density at radius 3 is 2.48 bits per heavy atom. The first kappa shape index (κ1) is 36.3. The van der Waals surface area contributed by atoms with Crippen LogP contribution in [0.1, 0.15) is 141 Å². The summed E-state index contributed by atoms with van der Waals surface area (Å²) in [7, 11) is 0. The lowest BCUT2D eigenvalue weighted by molar-refractivity contribution is -0.181. The maximum absolute atomic E-state index is 14.9. The Labute approximate surface area is 323 Å². The molecule has 7 atom stereocenters. The van der Waals surface area contributed by atoms with Crippen LogP contribution in [0.5, 0.6) is 0 Å². The number of rotatable bonds is 6. The Balaban J connectivity index is 1.20. The van der Waals surface area contributed by atoms with Crippen LogP contribution < -0.4 is 5.73 Å². The molecular weight excluding hydrogens is 669 g/mol. The lowest BCUT2D eigenvalue weighted by Crippen LogP contribution is -2.65. The molecule has 6 aliphatic rings. The van der Waals surface area contributed by atoms with Crippen molar-refractivity contribution in [2.45, 2.75) is 138 Å². The highest BCUT2D eigenvalue weighted by atomic mass is 16.5. The van der Waals surface area contributed by atoms with Crippen LogP contribution in [0.4, 0.5) is 5.82 Å². The van der Waals surface area contributed by atoms with Gasteiger partial charge in [-0.05, 0) is 140 Å². The van der Waals surface area contributed by atoms with Crippen LogP contribution >= 0.6 is 0 Å². The summed E-state index contributed by atoms with van der Waals surface area (Å²) >= 11 is 0. The number of hydrogen-bond donors (Lipinski definition) is 2. The second-order valence-corrected chi connectivity index (χ2v) is 20.8. The number of aromatic amines is 1. The van der Waals surface area contributed by atoms with Gasteiger partial charge in [-0.25, -0.2) is 0 Å². The molecule has 3 N–H and O–H groups in total. The van der Waals surface area contributed by atoms with E-state index in [0.717, 1.165) is 75.9 Å². The van der Waals surface area contributed by atoms with Crippen LogP contribution in [0.15, 0.2) is 52.7 Å². The second kappa shape index (κ2) is 12.3. The van der Waals surface area contributed by atoms with E-state index in [2.05, 4.69) is 88.0 Å². The minimum Gasteiger partial charge on any atom is -0.467 e. The van der Waals surface area contributed by atoms with E-state index in [-0.39, 0.29) is 39.0 Å². The molecule has 1 aromatic carbocycles. The lowest BCUT2D eigenvalue weighted by Gasteiger charge is -2.71. The van der Waals surface area contributed by atoms with Gasteiger partial charge in [-0.3, -0.25) is 14.8 Å². The number of likely N-dealkylation sites (tertiary alicyclic amines) is 1. The Kier molecular flexibility index (Phi) is 8.30. The maximum atomic E-state index is 14.9. The van der Waals surface area contributed by atoms with Crippen molar-refractivity contribution in [3.05, 3.63) is 76.4 Å². The van der Waals surface area contributed by atoms with Gasteiger partial charge < -0.3 is 14.9 Å². The molecule has 54 heavy (non-hydrogen) atoms. The third kappa shape index (κ3) is 5.21. The van der Waals surface area contributed by atoms with Gasteiger partial charge in [0.2, 0.25) is 0 Å². The van der Waals surface area contributed by atoms with E-state index in [1.54, 1.807) is 5.57 Å². The van der Waals surface area contributed by atoms with Gasteiger partial charge in [-0.2, -0.15) is 5.10 Å². The summed E-state index contributed by atoms with van der Waals surface area (Å²) in [6.45, 7) is 21.1. The number of ether oxygens (including phenoxy) is 1. The normalized spacial score (nSPS) is 36.8. The fourth-order valence-electron chi connectivity index (χ4n) is 14.1. The highest BCUT2D eigenvalue weighted by molar-refractivity contribution is 5.81. The average Bonchev–Trinajstić information content (AvgIpc) is 3.90. The minimum atomic E-state index is -0.524. The summed E-state index contributed by atoms with van der Waals surface area (Å²) in [5, 5.41) is 7.99. The Hall–Kier alpha value is -3.32. The predicted octanol–water partition coefficient (Wildman–Crippen LogP) is 10.3. The maximum Gasteiger partial charge on any atom is 0.313 e. The minimum absolute atomic E-state index is 0.0163. The zero-order valence-electron chi connectivity index (χ0n) is 34.1. The van der Waals surface area contributed by atoms with Gasteiger partial charge in [0.15, 0.2) is 0 Å². The van der Waals surface area contributed by atoms with Crippen molar-refractivity contribution in [3.63, 3.8) is 0 Å². The SMILES string of the molecule is CC1(C)CC[C@]2(C(=O)OCc3ccccc3)CC[C@]3(C)C(=C(c4coc(CN5CCCC5)c4)CC4[C@@]5(C)Cc6c(N)n[nH]c6C(C)(C)C5CC[C@]43C)C2C1. The van der Waals surface area contributed by atoms with Gasteiger partial charge in [0, 0.05) is 22.2 Å². The number of H-pyrrole nitrogens is 1. The number of allylic oxidation sites excluding steroid dienone is 2. The van der Waals surface area contributed by atoms with Crippen molar-refractivity contribution in [2.75, 3.05) is 18.8 Å². The Morgan fingerprint density at radius 2 is 1.72 bits per heavy atom. The molecule has 0 amide bonds. The molecule has 9 rings (SSSR count). The molecule has 3 aromatic rings. The largest absolute Gasteiger partial charge is 0.467 e. The summed E-state index contributed by atoms with van der Waals surface area (Å²) in [5.74, 6) is 2.80. The number of fused-ring (bicyclic) bond motifs is 8. The molecule has 5 aliphatic carbocycles. The smallest absolute Gasteiger partial charge is 0.313 e. The summed E-state index contributed by atoms with van der Waals surface area (Å²) in [4.78, 5) is 17.4. The molecular formula is C47H64N4O3. The monoisotopic (exact) mass is 732 g/mol. The Morgan fingerprint density at radius 1 is 0.981 bits per heavy atom. The van der Waals surface area contributed by atoms with E-state index in [9.17, 15) is 4.79 Å². The summed E-state index contributed by atoms with van der Waals surface area (Å²) in [5.41, 5.74) is 14.0. The van der Waals surface area contributed by atoms with Crippen LogP contribution in [-0.4, -0.2) is 34.2 Å². The molecule has 3 heterocycles. The molecule has 3 unspecified atom stereocenters. The molecule has 4 fully saturated rings. The van der Waals surface area contributed by atoms with Crippen LogP contribution in [0.2, 0.25) is 0 Å². The van der Waals surface area contributed by atoms with Gasteiger partial charge in [0.05, 0.1) is 18.2 Å². The molecule has 1 saturated heterocycles. The molecule has 290 valence electrons. The van der Waals surface area contributed by atoms with E-state index in [4.69, 9.17) is 14.9 Å². The molecule has 3 saturated carbocycles.